The molecule has 1 aliphatic rings. The topological polar surface area (TPSA) is 53.7 Å². The number of hydrogen-bond acceptors (Lipinski definition) is 4. The van der Waals surface area contributed by atoms with Crippen molar-refractivity contribution in [3.8, 4) is 0 Å². The summed E-state index contributed by atoms with van der Waals surface area (Å²) in [5.74, 6) is 0. The van der Waals surface area contributed by atoms with Crippen LogP contribution in [0.5, 0.6) is 0 Å². The molecule has 0 aliphatic heterocycles. The lowest BCUT2D eigenvalue weighted by Gasteiger charge is -2.41. The first kappa shape index (κ1) is 14.9. The van der Waals surface area contributed by atoms with E-state index in [1.165, 1.54) is 6.42 Å². The van der Waals surface area contributed by atoms with Crippen LogP contribution in [0.2, 0.25) is 0 Å². The van der Waals surface area contributed by atoms with Gasteiger partial charge >= 0.3 is 0 Å². The third-order valence-corrected chi connectivity index (χ3v) is 3.01. The molecule has 1 fully saturated rings. The molecule has 1 rings (SSSR count). The molecule has 0 aromatic rings. The lowest BCUT2D eigenvalue weighted by atomic mass is 9.86. The van der Waals surface area contributed by atoms with Gasteiger partial charge in [-0.25, -0.2) is 0 Å². The zero-order chi connectivity index (χ0) is 12.5. The fourth-order valence-electron chi connectivity index (χ4n) is 1.87. The normalized spacial score (nSPS) is 28.1. The number of nitrogens with two attached hydrogens (primary N) is 1. The second-order valence-corrected chi connectivity index (χ2v) is 4.61. The van der Waals surface area contributed by atoms with Crippen LogP contribution in [0.25, 0.3) is 0 Å². The van der Waals surface area contributed by atoms with Crippen molar-refractivity contribution in [3.63, 3.8) is 0 Å². The van der Waals surface area contributed by atoms with Gasteiger partial charge in [-0.15, -0.1) is 0 Å². The summed E-state index contributed by atoms with van der Waals surface area (Å²) in [6, 6.07) is 0.146. The first-order valence-electron chi connectivity index (χ1n) is 6.86. The van der Waals surface area contributed by atoms with Gasteiger partial charge in [0.05, 0.1) is 25.4 Å². The maximum atomic E-state index is 5.89. The minimum atomic E-state index is 0.0885. The van der Waals surface area contributed by atoms with E-state index in [1.54, 1.807) is 0 Å². The molecule has 4 nitrogen and oxygen atoms in total. The van der Waals surface area contributed by atoms with E-state index >= 15 is 0 Å². The van der Waals surface area contributed by atoms with Gasteiger partial charge in [0.1, 0.15) is 0 Å². The standard InChI is InChI=1S/C13H27NO3/c1-3-5-7-15-8-9-16-12-10-11(14)13(12)17-6-4-2/h11-13H,3-10,14H2,1-2H3. The summed E-state index contributed by atoms with van der Waals surface area (Å²) in [6.07, 6.45) is 4.48. The monoisotopic (exact) mass is 245 g/mol. The van der Waals surface area contributed by atoms with Crippen molar-refractivity contribution < 1.29 is 14.2 Å². The fourth-order valence-corrected chi connectivity index (χ4v) is 1.87. The van der Waals surface area contributed by atoms with E-state index in [0.717, 1.165) is 32.5 Å². The number of unbranched alkanes of at least 4 members (excludes halogenated alkanes) is 1. The summed E-state index contributed by atoms with van der Waals surface area (Å²) in [4.78, 5) is 0. The highest BCUT2D eigenvalue weighted by Crippen LogP contribution is 2.25. The Labute approximate surface area is 105 Å². The van der Waals surface area contributed by atoms with Crippen molar-refractivity contribution in [2.24, 2.45) is 5.73 Å². The van der Waals surface area contributed by atoms with E-state index in [2.05, 4.69) is 13.8 Å². The second kappa shape index (κ2) is 8.86. The van der Waals surface area contributed by atoms with Crippen LogP contribution in [0.1, 0.15) is 39.5 Å². The van der Waals surface area contributed by atoms with Crippen LogP contribution in [0.15, 0.2) is 0 Å². The highest BCUT2D eigenvalue weighted by molar-refractivity contribution is 4.95. The van der Waals surface area contributed by atoms with Gasteiger partial charge in [0.25, 0.3) is 0 Å². The van der Waals surface area contributed by atoms with Crippen LogP contribution in [-0.4, -0.2) is 44.7 Å². The van der Waals surface area contributed by atoms with Crippen molar-refractivity contribution in [1.82, 2.24) is 0 Å². The molecular formula is C13H27NO3. The molecule has 0 spiro atoms. The average molecular weight is 245 g/mol. The minimum absolute atomic E-state index is 0.0885. The molecule has 1 saturated carbocycles. The maximum absolute atomic E-state index is 5.89. The van der Waals surface area contributed by atoms with E-state index in [0.29, 0.717) is 13.2 Å². The molecule has 4 heteroatoms. The summed E-state index contributed by atoms with van der Waals surface area (Å²) in [7, 11) is 0. The van der Waals surface area contributed by atoms with Crippen LogP contribution in [0.3, 0.4) is 0 Å². The summed E-state index contributed by atoms with van der Waals surface area (Å²) in [5, 5.41) is 0. The molecule has 1 aliphatic carbocycles. The lowest BCUT2D eigenvalue weighted by molar-refractivity contribution is -0.145. The zero-order valence-electron chi connectivity index (χ0n) is 11.2. The first-order valence-corrected chi connectivity index (χ1v) is 6.86. The molecule has 2 N–H and O–H groups in total. The Kier molecular flexibility index (Phi) is 7.77. The van der Waals surface area contributed by atoms with Crippen LogP contribution < -0.4 is 5.73 Å². The van der Waals surface area contributed by atoms with Gasteiger partial charge in [0.2, 0.25) is 0 Å². The van der Waals surface area contributed by atoms with Crippen molar-refractivity contribution in [3.05, 3.63) is 0 Å². The highest BCUT2D eigenvalue weighted by Gasteiger charge is 2.40. The molecule has 0 amide bonds. The SMILES string of the molecule is CCCCOCCOC1CC(N)C1OCCC. The third-order valence-electron chi connectivity index (χ3n) is 3.01. The number of rotatable bonds is 10. The lowest BCUT2D eigenvalue weighted by Crippen LogP contribution is -2.58. The first-order chi connectivity index (χ1) is 8.29. The fraction of sp³-hybridized carbons (Fsp3) is 1.00. The van der Waals surface area contributed by atoms with Crippen LogP contribution in [0.4, 0.5) is 0 Å². The van der Waals surface area contributed by atoms with Gasteiger partial charge in [0.15, 0.2) is 0 Å². The van der Waals surface area contributed by atoms with E-state index in [1.807, 2.05) is 0 Å². The van der Waals surface area contributed by atoms with Crippen molar-refractivity contribution in [1.29, 1.82) is 0 Å². The van der Waals surface area contributed by atoms with Crippen LogP contribution >= 0.6 is 0 Å². The molecule has 17 heavy (non-hydrogen) atoms. The van der Waals surface area contributed by atoms with Crippen molar-refractivity contribution in [2.45, 2.75) is 57.8 Å². The molecule has 0 aromatic heterocycles. The summed E-state index contributed by atoms with van der Waals surface area (Å²) in [5.41, 5.74) is 5.89. The van der Waals surface area contributed by atoms with Gasteiger partial charge in [-0.3, -0.25) is 0 Å². The van der Waals surface area contributed by atoms with Crippen molar-refractivity contribution in [2.75, 3.05) is 26.4 Å². The number of hydrogen-bond donors (Lipinski definition) is 1. The Morgan fingerprint density at radius 3 is 2.47 bits per heavy atom. The van der Waals surface area contributed by atoms with Crippen LogP contribution in [-0.2, 0) is 14.2 Å². The molecule has 3 unspecified atom stereocenters. The predicted molar refractivity (Wildman–Crippen MR) is 68.1 cm³/mol. The van der Waals surface area contributed by atoms with E-state index in [9.17, 15) is 0 Å². The Bertz CT molecular complexity index is 190. The average Bonchev–Trinajstić information content (AvgIpc) is 2.32. The molecular weight excluding hydrogens is 218 g/mol. The highest BCUT2D eigenvalue weighted by atomic mass is 16.6. The van der Waals surface area contributed by atoms with Gasteiger partial charge in [0, 0.05) is 19.3 Å². The molecule has 3 atom stereocenters. The molecule has 0 radical (unpaired) electrons. The Balaban J connectivity index is 1.99. The van der Waals surface area contributed by atoms with Gasteiger partial charge in [-0.05, 0) is 19.3 Å². The van der Waals surface area contributed by atoms with E-state index in [-0.39, 0.29) is 18.2 Å². The second-order valence-electron chi connectivity index (χ2n) is 4.61. The maximum Gasteiger partial charge on any atom is 0.0988 e. The van der Waals surface area contributed by atoms with Crippen LogP contribution in [0, 0.1) is 0 Å². The predicted octanol–water partition coefficient (Wildman–Crippen LogP) is 1.71. The van der Waals surface area contributed by atoms with E-state index in [4.69, 9.17) is 19.9 Å². The molecule has 0 saturated heterocycles. The quantitative estimate of drug-likeness (QED) is 0.595. The summed E-state index contributed by atoms with van der Waals surface area (Å²) < 4.78 is 16.8. The number of ether oxygens (including phenoxy) is 3. The molecule has 0 bridgehead atoms. The zero-order valence-corrected chi connectivity index (χ0v) is 11.2. The summed E-state index contributed by atoms with van der Waals surface area (Å²) in [6.45, 7) is 7.18. The van der Waals surface area contributed by atoms with Crippen molar-refractivity contribution >= 4 is 0 Å². The molecule has 102 valence electrons. The largest absolute Gasteiger partial charge is 0.379 e. The van der Waals surface area contributed by atoms with E-state index < -0.39 is 0 Å². The third kappa shape index (κ3) is 5.34. The van der Waals surface area contributed by atoms with Gasteiger partial charge < -0.3 is 19.9 Å². The smallest absolute Gasteiger partial charge is 0.0988 e. The van der Waals surface area contributed by atoms with Gasteiger partial charge in [-0.1, -0.05) is 20.3 Å². The minimum Gasteiger partial charge on any atom is -0.379 e. The Hall–Kier alpha value is -0.160. The Morgan fingerprint density at radius 1 is 1.00 bits per heavy atom. The Morgan fingerprint density at radius 2 is 1.82 bits per heavy atom. The van der Waals surface area contributed by atoms with Gasteiger partial charge in [-0.2, -0.15) is 0 Å². The molecule has 0 heterocycles. The molecule has 0 aromatic carbocycles. The summed E-state index contributed by atoms with van der Waals surface area (Å²) >= 11 is 0.